The number of carbonyl (C=O) groups is 1. The molecule has 5 fully saturated rings. The van der Waals surface area contributed by atoms with E-state index in [4.69, 9.17) is 0 Å². The minimum absolute atomic E-state index is 0.0929. The van der Waals surface area contributed by atoms with Crippen molar-refractivity contribution < 1.29 is 13.2 Å². The lowest BCUT2D eigenvalue weighted by atomic mass is 9.49. The van der Waals surface area contributed by atoms with E-state index in [1.54, 1.807) is 16.4 Å². The Morgan fingerprint density at radius 3 is 2.06 bits per heavy atom. The summed E-state index contributed by atoms with van der Waals surface area (Å²) in [5.74, 6) is 2.77. The molecule has 6 heteroatoms. The SMILES string of the molecule is CCc1ccc(S(=O)(=O)N2CCC(NC(=O)CC34CC5CC(CC(C5)C3)C4)CC2)cc1. The van der Waals surface area contributed by atoms with Gasteiger partial charge in [0.05, 0.1) is 4.90 Å². The summed E-state index contributed by atoms with van der Waals surface area (Å²) in [7, 11) is -3.45. The molecule has 170 valence electrons. The van der Waals surface area contributed by atoms with Gasteiger partial charge in [-0.25, -0.2) is 8.42 Å². The number of hydrogen-bond acceptors (Lipinski definition) is 3. The van der Waals surface area contributed by atoms with Gasteiger partial charge in [0.25, 0.3) is 0 Å². The van der Waals surface area contributed by atoms with Crippen LogP contribution in [0, 0.1) is 23.2 Å². The number of hydrogen-bond donors (Lipinski definition) is 1. The van der Waals surface area contributed by atoms with Crippen LogP contribution in [0.5, 0.6) is 0 Å². The summed E-state index contributed by atoms with van der Waals surface area (Å²) in [4.78, 5) is 13.3. The van der Waals surface area contributed by atoms with Crippen LogP contribution >= 0.6 is 0 Å². The fourth-order valence-electron chi connectivity index (χ4n) is 7.41. The first-order valence-corrected chi connectivity index (χ1v) is 13.7. The Bertz CT molecular complexity index is 881. The molecular formula is C25H36N2O3S. The molecule has 0 radical (unpaired) electrons. The average Bonchev–Trinajstić information content (AvgIpc) is 2.72. The predicted molar refractivity (Wildman–Crippen MR) is 121 cm³/mol. The number of piperidine rings is 1. The molecule has 1 aromatic carbocycles. The Kier molecular flexibility index (Phi) is 5.66. The number of nitrogens with one attached hydrogen (secondary N) is 1. The van der Waals surface area contributed by atoms with Crippen molar-refractivity contribution in [3.8, 4) is 0 Å². The van der Waals surface area contributed by atoms with Gasteiger partial charge in [-0.15, -0.1) is 0 Å². The first kappa shape index (κ1) is 21.4. The maximum Gasteiger partial charge on any atom is 0.243 e. The van der Waals surface area contributed by atoms with Crippen LogP contribution in [0.3, 0.4) is 0 Å². The standard InChI is InChI=1S/C25H36N2O3S/c1-2-18-3-5-23(6-4-18)31(29,30)27-9-7-22(8-10-27)26-24(28)17-25-14-19-11-20(15-25)13-21(12-19)16-25/h3-6,19-22H,2,7-17H2,1H3,(H,26,28). The van der Waals surface area contributed by atoms with Crippen molar-refractivity contribution in [2.24, 2.45) is 23.2 Å². The van der Waals surface area contributed by atoms with Crippen molar-refractivity contribution in [3.05, 3.63) is 29.8 Å². The molecular weight excluding hydrogens is 408 g/mol. The molecule has 6 rings (SSSR count). The zero-order valence-electron chi connectivity index (χ0n) is 18.7. The number of aryl methyl sites for hydroxylation is 1. The molecule has 1 saturated heterocycles. The Hall–Kier alpha value is -1.40. The third kappa shape index (κ3) is 4.30. The Morgan fingerprint density at radius 1 is 1.00 bits per heavy atom. The Morgan fingerprint density at radius 2 is 1.55 bits per heavy atom. The summed E-state index contributed by atoms with van der Waals surface area (Å²) < 4.78 is 27.5. The molecule has 1 heterocycles. The number of rotatable bonds is 6. The molecule has 1 amide bonds. The van der Waals surface area contributed by atoms with Crippen molar-refractivity contribution in [2.45, 2.75) is 82.1 Å². The van der Waals surface area contributed by atoms with Crippen LogP contribution in [-0.2, 0) is 21.2 Å². The predicted octanol–water partition coefficient (Wildman–Crippen LogP) is 4.12. The molecule has 0 unspecified atom stereocenters. The molecule has 4 bridgehead atoms. The molecule has 1 N–H and O–H groups in total. The lowest BCUT2D eigenvalue weighted by Crippen LogP contribution is -2.50. The summed E-state index contributed by atoms with van der Waals surface area (Å²) in [6.07, 6.45) is 10.9. The fraction of sp³-hybridized carbons (Fsp3) is 0.720. The number of carbonyl (C=O) groups excluding carboxylic acids is 1. The van der Waals surface area contributed by atoms with Crippen LogP contribution in [-0.4, -0.2) is 37.8 Å². The number of nitrogens with zero attached hydrogens (tertiary/aromatic N) is 1. The van der Waals surface area contributed by atoms with E-state index < -0.39 is 10.0 Å². The van der Waals surface area contributed by atoms with Crippen LogP contribution in [0.25, 0.3) is 0 Å². The van der Waals surface area contributed by atoms with E-state index in [9.17, 15) is 13.2 Å². The van der Waals surface area contributed by atoms with Crippen LogP contribution in [0.1, 0.15) is 70.3 Å². The van der Waals surface area contributed by atoms with Gasteiger partial charge in [0, 0.05) is 25.6 Å². The van der Waals surface area contributed by atoms with Gasteiger partial charge in [0.2, 0.25) is 15.9 Å². The van der Waals surface area contributed by atoms with Crippen molar-refractivity contribution in [1.82, 2.24) is 9.62 Å². The highest BCUT2D eigenvalue weighted by Crippen LogP contribution is 2.61. The first-order valence-electron chi connectivity index (χ1n) is 12.2. The van der Waals surface area contributed by atoms with Crippen molar-refractivity contribution in [3.63, 3.8) is 0 Å². The molecule has 1 aliphatic heterocycles. The van der Waals surface area contributed by atoms with E-state index in [0.717, 1.165) is 29.7 Å². The number of amides is 1. The molecule has 5 nitrogen and oxygen atoms in total. The van der Waals surface area contributed by atoms with E-state index in [-0.39, 0.29) is 17.4 Å². The lowest BCUT2D eigenvalue weighted by Gasteiger charge is -2.56. The van der Waals surface area contributed by atoms with Crippen LogP contribution < -0.4 is 5.32 Å². The van der Waals surface area contributed by atoms with Gasteiger partial charge in [-0.05, 0) is 98.7 Å². The Labute approximate surface area is 187 Å². The zero-order valence-corrected chi connectivity index (χ0v) is 19.5. The quantitative estimate of drug-likeness (QED) is 0.718. The van der Waals surface area contributed by atoms with Crippen molar-refractivity contribution >= 4 is 15.9 Å². The molecule has 0 atom stereocenters. The van der Waals surface area contributed by atoms with Crippen molar-refractivity contribution in [1.29, 1.82) is 0 Å². The molecule has 0 aromatic heterocycles. The summed E-state index contributed by atoms with van der Waals surface area (Å²) in [5, 5.41) is 3.26. The number of benzene rings is 1. The van der Waals surface area contributed by atoms with Gasteiger partial charge in [-0.1, -0.05) is 19.1 Å². The summed E-state index contributed by atoms with van der Waals surface area (Å²) in [6.45, 7) is 3.01. The van der Waals surface area contributed by atoms with Gasteiger partial charge < -0.3 is 5.32 Å². The van der Waals surface area contributed by atoms with E-state index >= 15 is 0 Å². The molecule has 31 heavy (non-hydrogen) atoms. The van der Waals surface area contributed by atoms with Gasteiger partial charge in [0.1, 0.15) is 0 Å². The number of sulfonamides is 1. The monoisotopic (exact) mass is 444 g/mol. The third-order valence-corrected chi connectivity index (χ3v) is 10.4. The van der Waals surface area contributed by atoms with Gasteiger partial charge in [-0.2, -0.15) is 4.31 Å². The smallest absolute Gasteiger partial charge is 0.243 e. The topological polar surface area (TPSA) is 66.5 Å². The second-order valence-electron chi connectivity index (χ2n) is 10.8. The van der Waals surface area contributed by atoms with Crippen LogP contribution in [0.15, 0.2) is 29.2 Å². The normalized spacial score (nSPS) is 33.5. The van der Waals surface area contributed by atoms with E-state index in [1.807, 2.05) is 12.1 Å². The lowest BCUT2D eigenvalue weighted by molar-refractivity contribution is -0.130. The second kappa shape index (κ2) is 8.18. The Balaban J connectivity index is 1.14. The summed E-state index contributed by atoms with van der Waals surface area (Å²) in [5.41, 5.74) is 1.40. The second-order valence-corrected chi connectivity index (χ2v) is 12.8. The third-order valence-electron chi connectivity index (χ3n) is 8.49. The largest absolute Gasteiger partial charge is 0.353 e. The molecule has 1 aromatic rings. The molecule has 0 spiro atoms. The minimum Gasteiger partial charge on any atom is -0.353 e. The maximum absolute atomic E-state index is 13.0. The van der Waals surface area contributed by atoms with E-state index in [0.29, 0.717) is 37.2 Å². The van der Waals surface area contributed by atoms with Gasteiger partial charge in [-0.3, -0.25) is 4.79 Å². The van der Waals surface area contributed by atoms with Crippen LogP contribution in [0.2, 0.25) is 0 Å². The minimum atomic E-state index is -3.45. The van der Waals surface area contributed by atoms with Gasteiger partial charge in [0.15, 0.2) is 0 Å². The maximum atomic E-state index is 13.0. The highest BCUT2D eigenvalue weighted by Gasteiger charge is 2.51. The molecule has 4 aliphatic carbocycles. The van der Waals surface area contributed by atoms with Crippen LogP contribution in [0.4, 0.5) is 0 Å². The van der Waals surface area contributed by atoms with E-state index in [2.05, 4.69) is 12.2 Å². The summed E-state index contributed by atoms with van der Waals surface area (Å²) in [6, 6.07) is 7.31. The van der Waals surface area contributed by atoms with Crippen molar-refractivity contribution in [2.75, 3.05) is 13.1 Å². The summed E-state index contributed by atoms with van der Waals surface area (Å²) >= 11 is 0. The molecule has 4 saturated carbocycles. The first-order chi connectivity index (χ1) is 14.8. The average molecular weight is 445 g/mol. The highest BCUT2D eigenvalue weighted by atomic mass is 32.2. The highest BCUT2D eigenvalue weighted by molar-refractivity contribution is 7.89. The fourth-order valence-corrected chi connectivity index (χ4v) is 8.88. The molecule has 5 aliphatic rings. The van der Waals surface area contributed by atoms with E-state index in [1.165, 1.54) is 38.5 Å². The zero-order chi connectivity index (χ0) is 21.6. The van der Waals surface area contributed by atoms with Gasteiger partial charge >= 0.3 is 0 Å².